The molecule has 0 saturated heterocycles. The fourth-order valence-corrected chi connectivity index (χ4v) is 3.87. The molecule has 0 spiro atoms. The maximum atomic E-state index is 12.4. The molecule has 0 unspecified atom stereocenters. The number of rotatable bonds is 8. The molecular weight excluding hydrogens is 386 g/mol. The molecule has 0 saturated carbocycles. The molecule has 2 rings (SSSR count). The molecule has 0 aliphatic carbocycles. The molecule has 0 aliphatic rings. The van der Waals surface area contributed by atoms with Crippen molar-refractivity contribution in [2.45, 2.75) is 16.5 Å². The molecule has 1 aromatic heterocycles. The van der Waals surface area contributed by atoms with Crippen molar-refractivity contribution < 1.29 is 17.9 Å². The van der Waals surface area contributed by atoms with Gasteiger partial charge in [0.25, 0.3) is 0 Å². The summed E-state index contributed by atoms with van der Waals surface area (Å²) in [5.74, 6) is 0.889. The molecule has 0 aliphatic heterocycles. The van der Waals surface area contributed by atoms with Crippen LogP contribution in [0, 0.1) is 0 Å². The van der Waals surface area contributed by atoms with Crippen LogP contribution in [0.5, 0.6) is 5.75 Å². The van der Waals surface area contributed by atoms with Gasteiger partial charge in [-0.2, -0.15) is 0 Å². The Morgan fingerprint density at radius 1 is 1.15 bits per heavy atom. The van der Waals surface area contributed by atoms with Crippen LogP contribution >= 0.6 is 11.8 Å². The number of sulfonamides is 1. The number of amides is 1. The van der Waals surface area contributed by atoms with Gasteiger partial charge in [0.05, 0.1) is 17.9 Å². The predicted octanol–water partition coefficient (Wildman–Crippen LogP) is 2.09. The molecule has 0 atom stereocenters. The second-order valence-electron chi connectivity index (χ2n) is 5.97. The Morgan fingerprint density at radius 3 is 2.44 bits per heavy atom. The van der Waals surface area contributed by atoms with E-state index in [0.717, 1.165) is 15.6 Å². The molecule has 1 aromatic carbocycles. The van der Waals surface area contributed by atoms with Gasteiger partial charge in [0.1, 0.15) is 10.6 Å². The molecule has 7 nitrogen and oxygen atoms in total. The first-order valence-corrected chi connectivity index (χ1v) is 10.6. The zero-order valence-corrected chi connectivity index (χ0v) is 17.4. The van der Waals surface area contributed by atoms with E-state index >= 15 is 0 Å². The Balaban J connectivity index is 1.95. The first-order chi connectivity index (χ1) is 12.8. The summed E-state index contributed by atoms with van der Waals surface area (Å²) in [5, 5.41) is 0.590. The lowest BCUT2D eigenvalue weighted by atomic mass is 10.2. The quantitative estimate of drug-likeness (QED) is 0.621. The van der Waals surface area contributed by atoms with Gasteiger partial charge in [-0.25, -0.2) is 17.7 Å². The van der Waals surface area contributed by atoms with Crippen molar-refractivity contribution in [3.8, 4) is 5.75 Å². The van der Waals surface area contributed by atoms with Crippen molar-refractivity contribution in [1.82, 2.24) is 14.2 Å². The molecule has 0 bridgehead atoms. The van der Waals surface area contributed by atoms with Gasteiger partial charge in [-0.1, -0.05) is 30.0 Å². The highest BCUT2D eigenvalue weighted by atomic mass is 32.2. The molecule has 2 aromatic rings. The van der Waals surface area contributed by atoms with Crippen molar-refractivity contribution in [1.29, 1.82) is 0 Å². The number of thioether (sulfide) groups is 1. The summed E-state index contributed by atoms with van der Waals surface area (Å²) in [6, 6.07) is 10.7. The Kier molecular flexibility index (Phi) is 7.23. The van der Waals surface area contributed by atoms with Gasteiger partial charge in [0, 0.05) is 39.4 Å². The van der Waals surface area contributed by atoms with Gasteiger partial charge >= 0.3 is 0 Å². The van der Waals surface area contributed by atoms with E-state index in [-0.39, 0.29) is 16.6 Å². The molecule has 146 valence electrons. The molecule has 27 heavy (non-hydrogen) atoms. The third-order valence-electron chi connectivity index (χ3n) is 3.86. The highest BCUT2D eigenvalue weighted by Crippen LogP contribution is 2.21. The largest absolute Gasteiger partial charge is 0.496 e. The molecule has 0 N–H and O–H groups in total. The number of hydrogen-bond acceptors (Lipinski definition) is 6. The monoisotopic (exact) mass is 409 g/mol. The van der Waals surface area contributed by atoms with Crippen LogP contribution in [-0.2, 0) is 21.4 Å². The SMILES string of the molecule is COc1ccccc1CN(C)C(=O)CSc1ccc(S(=O)(=O)N(C)C)cn1. The van der Waals surface area contributed by atoms with Crippen LogP contribution in [0.2, 0.25) is 0 Å². The predicted molar refractivity (Wildman–Crippen MR) is 105 cm³/mol. The molecule has 9 heteroatoms. The number of hydrogen-bond donors (Lipinski definition) is 0. The Hall–Kier alpha value is -2.10. The Morgan fingerprint density at radius 2 is 1.85 bits per heavy atom. The van der Waals surface area contributed by atoms with Gasteiger partial charge < -0.3 is 9.64 Å². The fourth-order valence-electron chi connectivity index (χ4n) is 2.24. The summed E-state index contributed by atoms with van der Waals surface area (Å²) in [6.07, 6.45) is 1.31. The minimum Gasteiger partial charge on any atom is -0.496 e. The van der Waals surface area contributed by atoms with E-state index in [1.54, 1.807) is 25.1 Å². The number of ether oxygens (including phenoxy) is 1. The number of benzene rings is 1. The van der Waals surface area contributed by atoms with Crippen LogP contribution in [0.15, 0.2) is 52.5 Å². The summed E-state index contributed by atoms with van der Waals surface area (Å²) < 4.78 is 30.5. The number of methoxy groups -OCH3 is 1. The molecular formula is C18H23N3O4S2. The van der Waals surface area contributed by atoms with Crippen molar-refractivity contribution in [3.05, 3.63) is 48.2 Å². The van der Waals surface area contributed by atoms with Gasteiger partial charge in [0.15, 0.2) is 0 Å². The van der Waals surface area contributed by atoms with E-state index in [1.807, 2.05) is 24.3 Å². The van der Waals surface area contributed by atoms with Crippen molar-refractivity contribution in [2.24, 2.45) is 0 Å². The van der Waals surface area contributed by atoms with E-state index in [4.69, 9.17) is 4.74 Å². The second kappa shape index (κ2) is 9.20. The highest BCUT2D eigenvalue weighted by molar-refractivity contribution is 7.99. The summed E-state index contributed by atoms with van der Waals surface area (Å²) in [6.45, 7) is 0.441. The van der Waals surface area contributed by atoms with E-state index in [1.165, 1.54) is 38.1 Å². The maximum absolute atomic E-state index is 12.4. The number of carbonyl (C=O) groups is 1. The lowest BCUT2D eigenvalue weighted by molar-refractivity contribution is -0.127. The van der Waals surface area contributed by atoms with Crippen molar-refractivity contribution in [3.63, 3.8) is 0 Å². The van der Waals surface area contributed by atoms with Gasteiger partial charge in [-0.05, 0) is 18.2 Å². The van der Waals surface area contributed by atoms with Crippen LogP contribution in [-0.4, -0.2) is 62.5 Å². The lowest BCUT2D eigenvalue weighted by Crippen LogP contribution is -2.28. The highest BCUT2D eigenvalue weighted by Gasteiger charge is 2.18. The third-order valence-corrected chi connectivity index (χ3v) is 6.58. The minimum absolute atomic E-state index is 0.0577. The Bertz CT molecular complexity index is 884. The molecule has 1 heterocycles. The van der Waals surface area contributed by atoms with Crippen LogP contribution in [0.4, 0.5) is 0 Å². The maximum Gasteiger partial charge on any atom is 0.244 e. The van der Waals surface area contributed by atoms with E-state index in [2.05, 4.69) is 4.98 Å². The average Bonchev–Trinajstić information content (AvgIpc) is 2.66. The van der Waals surface area contributed by atoms with Gasteiger partial charge in [0.2, 0.25) is 15.9 Å². The normalized spacial score (nSPS) is 11.4. The van der Waals surface area contributed by atoms with Crippen molar-refractivity contribution >= 4 is 27.7 Å². The fraction of sp³-hybridized carbons (Fsp3) is 0.333. The number of nitrogens with zero attached hydrogens (tertiary/aromatic N) is 3. The molecule has 0 radical (unpaired) electrons. The van der Waals surface area contributed by atoms with Crippen molar-refractivity contribution in [2.75, 3.05) is 34.0 Å². The van der Waals surface area contributed by atoms with Crippen LogP contribution in [0.1, 0.15) is 5.56 Å². The second-order valence-corrected chi connectivity index (χ2v) is 9.12. The van der Waals surface area contributed by atoms with Gasteiger partial charge in [-0.3, -0.25) is 4.79 Å². The summed E-state index contributed by atoms with van der Waals surface area (Å²) in [7, 11) is 2.76. The zero-order valence-electron chi connectivity index (χ0n) is 15.7. The van der Waals surface area contributed by atoms with E-state index in [0.29, 0.717) is 11.6 Å². The number of aromatic nitrogens is 1. The zero-order chi connectivity index (χ0) is 20.0. The first-order valence-electron chi connectivity index (χ1n) is 8.13. The van der Waals surface area contributed by atoms with Crippen LogP contribution in [0.3, 0.4) is 0 Å². The summed E-state index contributed by atoms with van der Waals surface area (Å²) >= 11 is 1.26. The van der Waals surface area contributed by atoms with E-state index < -0.39 is 10.0 Å². The number of para-hydroxylation sites is 1. The summed E-state index contributed by atoms with van der Waals surface area (Å²) in [5.41, 5.74) is 0.928. The lowest BCUT2D eigenvalue weighted by Gasteiger charge is -2.18. The smallest absolute Gasteiger partial charge is 0.244 e. The number of pyridine rings is 1. The van der Waals surface area contributed by atoms with Crippen LogP contribution in [0.25, 0.3) is 0 Å². The average molecular weight is 410 g/mol. The third kappa shape index (κ3) is 5.44. The van der Waals surface area contributed by atoms with Gasteiger partial charge in [-0.15, -0.1) is 0 Å². The topological polar surface area (TPSA) is 79.8 Å². The molecule has 1 amide bonds. The Labute approximate surface area is 164 Å². The first kappa shape index (κ1) is 21.2. The van der Waals surface area contributed by atoms with E-state index in [9.17, 15) is 13.2 Å². The standard InChI is InChI=1S/C18H23N3O4S2/c1-20(2)27(23,24)15-9-10-17(19-11-15)26-13-18(22)21(3)12-14-7-5-6-8-16(14)25-4/h5-11H,12-13H2,1-4H3. The summed E-state index contributed by atoms with van der Waals surface area (Å²) in [4.78, 5) is 18.2. The minimum atomic E-state index is -3.51. The van der Waals surface area contributed by atoms with Crippen LogP contribution < -0.4 is 4.74 Å². The number of carbonyl (C=O) groups excluding carboxylic acids is 1. The molecule has 0 fully saturated rings.